The molecule has 1 aromatic heterocycles. The van der Waals surface area contributed by atoms with Crippen LogP contribution in [0, 0.1) is 19.8 Å². The molecule has 2 N–H and O–H groups in total. The third-order valence-corrected chi connectivity index (χ3v) is 4.16. The third kappa shape index (κ3) is 2.69. The molecule has 0 amide bonds. The average molecular weight is 283 g/mol. The molecule has 1 saturated carbocycles. The zero-order chi connectivity index (χ0) is 15.1. The highest BCUT2D eigenvalue weighted by Crippen LogP contribution is 2.42. The topological polar surface area (TPSA) is 43.8 Å². The third-order valence-electron chi connectivity index (χ3n) is 4.16. The van der Waals surface area contributed by atoms with E-state index < -0.39 is 0 Å². The van der Waals surface area contributed by atoms with Crippen LogP contribution in [0.1, 0.15) is 49.6 Å². The van der Waals surface area contributed by atoms with Gasteiger partial charge in [-0.15, -0.1) is 0 Å². The molecule has 112 valence electrons. The first-order valence-electron chi connectivity index (χ1n) is 7.91. The fourth-order valence-corrected chi connectivity index (χ4v) is 2.97. The summed E-state index contributed by atoms with van der Waals surface area (Å²) in [7, 11) is 0. The lowest BCUT2D eigenvalue weighted by Crippen LogP contribution is -2.11. The van der Waals surface area contributed by atoms with Crippen LogP contribution in [-0.2, 0) is 6.54 Å². The van der Waals surface area contributed by atoms with Crippen LogP contribution in [0.5, 0.6) is 0 Å². The van der Waals surface area contributed by atoms with Crippen LogP contribution in [0.3, 0.4) is 0 Å². The number of nitrogen functional groups attached to an aromatic ring is 1. The van der Waals surface area contributed by atoms with E-state index in [2.05, 4.69) is 50.5 Å². The number of anilines is 1. The number of benzene rings is 1. The average Bonchev–Trinajstić information content (AvgIpc) is 3.18. The molecule has 1 aliphatic rings. The smallest absolute Gasteiger partial charge is 0.131 e. The quantitative estimate of drug-likeness (QED) is 0.910. The Morgan fingerprint density at radius 3 is 2.57 bits per heavy atom. The monoisotopic (exact) mass is 283 g/mol. The molecule has 0 saturated heterocycles. The molecular weight excluding hydrogens is 258 g/mol. The predicted octanol–water partition coefficient (Wildman–Crippen LogP) is 4.28. The maximum Gasteiger partial charge on any atom is 0.131 e. The second kappa shape index (κ2) is 5.21. The molecule has 0 bridgehead atoms. The molecule has 0 unspecified atom stereocenters. The predicted molar refractivity (Wildman–Crippen MR) is 88.4 cm³/mol. The van der Waals surface area contributed by atoms with Gasteiger partial charge in [-0.1, -0.05) is 37.6 Å². The van der Waals surface area contributed by atoms with Gasteiger partial charge in [0.05, 0.1) is 0 Å². The Bertz CT molecular complexity index is 663. The van der Waals surface area contributed by atoms with Crippen molar-refractivity contribution in [3.05, 3.63) is 35.2 Å². The van der Waals surface area contributed by atoms with Crippen LogP contribution in [0.15, 0.2) is 18.2 Å². The van der Waals surface area contributed by atoms with Crippen molar-refractivity contribution in [2.75, 3.05) is 5.73 Å². The minimum atomic E-state index is 0.575. The summed E-state index contributed by atoms with van der Waals surface area (Å²) in [4.78, 5) is 4.92. The summed E-state index contributed by atoms with van der Waals surface area (Å²) in [5.74, 6) is 3.21. The Balaban J connectivity index is 2.10. The van der Waals surface area contributed by atoms with E-state index in [1.54, 1.807) is 0 Å². The fraction of sp³-hybridized carbons (Fsp3) is 0.500. The van der Waals surface area contributed by atoms with Gasteiger partial charge in [0, 0.05) is 18.0 Å². The van der Waals surface area contributed by atoms with Crippen molar-refractivity contribution in [3.63, 3.8) is 0 Å². The van der Waals surface area contributed by atoms with Gasteiger partial charge in [0.25, 0.3) is 0 Å². The molecule has 3 nitrogen and oxygen atoms in total. The number of nitrogens with two attached hydrogens (primary N) is 1. The van der Waals surface area contributed by atoms with E-state index in [9.17, 15) is 0 Å². The molecule has 3 heteroatoms. The van der Waals surface area contributed by atoms with E-state index in [4.69, 9.17) is 10.7 Å². The van der Waals surface area contributed by atoms with Crippen LogP contribution in [0.2, 0.25) is 0 Å². The molecule has 0 radical (unpaired) electrons. The lowest BCUT2D eigenvalue weighted by Gasteiger charge is -2.12. The van der Waals surface area contributed by atoms with Gasteiger partial charge in [-0.25, -0.2) is 4.98 Å². The van der Waals surface area contributed by atoms with Crippen LogP contribution >= 0.6 is 0 Å². The highest BCUT2D eigenvalue weighted by Gasteiger charge is 2.31. The first-order chi connectivity index (χ1) is 9.97. The maximum absolute atomic E-state index is 6.46. The van der Waals surface area contributed by atoms with E-state index in [1.165, 1.54) is 35.4 Å². The van der Waals surface area contributed by atoms with Gasteiger partial charge in [0.15, 0.2) is 0 Å². The first kappa shape index (κ1) is 14.2. The number of aromatic nitrogens is 2. The number of nitrogens with zero attached hydrogens (tertiary/aromatic N) is 2. The molecule has 1 aliphatic carbocycles. The zero-order valence-corrected chi connectivity index (χ0v) is 13.5. The summed E-state index contributed by atoms with van der Waals surface area (Å²) in [6.07, 6.45) is 2.50. The van der Waals surface area contributed by atoms with Crippen molar-refractivity contribution in [2.45, 2.75) is 53.0 Å². The standard InChI is InChI=1S/C18H25N3/c1-11(2)10-21-17(19)16(20-18(21)14-6-7-14)15-8-5-12(3)9-13(15)4/h5,8-9,11,14H,6-7,10,19H2,1-4H3. The van der Waals surface area contributed by atoms with Crippen molar-refractivity contribution in [3.8, 4) is 11.3 Å². The molecule has 1 heterocycles. The van der Waals surface area contributed by atoms with E-state index in [0.717, 1.165) is 18.1 Å². The summed E-state index contributed by atoms with van der Waals surface area (Å²) >= 11 is 0. The second-order valence-electron chi connectivity index (χ2n) is 6.80. The number of hydrogen-bond acceptors (Lipinski definition) is 2. The SMILES string of the molecule is Cc1ccc(-c2nc(C3CC3)n(CC(C)C)c2N)c(C)c1. The van der Waals surface area contributed by atoms with Gasteiger partial charge >= 0.3 is 0 Å². The van der Waals surface area contributed by atoms with Crippen LogP contribution in [-0.4, -0.2) is 9.55 Å². The largest absolute Gasteiger partial charge is 0.383 e. The molecule has 0 atom stereocenters. The van der Waals surface area contributed by atoms with Crippen LogP contribution in [0.4, 0.5) is 5.82 Å². The van der Waals surface area contributed by atoms with Gasteiger partial charge in [-0.3, -0.25) is 0 Å². The Hall–Kier alpha value is -1.77. The highest BCUT2D eigenvalue weighted by molar-refractivity contribution is 5.74. The van der Waals surface area contributed by atoms with Crippen LogP contribution in [0.25, 0.3) is 11.3 Å². The summed E-state index contributed by atoms with van der Waals surface area (Å²) in [6, 6.07) is 6.49. The molecule has 21 heavy (non-hydrogen) atoms. The molecule has 3 rings (SSSR count). The van der Waals surface area contributed by atoms with Gasteiger partial charge in [0.2, 0.25) is 0 Å². The van der Waals surface area contributed by atoms with Gasteiger partial charge in [-0.2, -0.15) is 0 Å². The van der Waals surface area contributed by atoms with Gasteiger partial charge in [0.1, 0.15) is 17.3 Å². The van der Waals surface area contributed by atoms with Crippen molar-refractivity contribution in [1.82, 2.24) is 9.55 Å². The maximum atomic E-state index is 6.46. The van der Waals surface area contributed by atoms with Gasteiger partial charge < -0.3 is 10.3 Å². The number of imidazole rings is 1. The lowest BCUT2D eigenvalue weighted by atomic mass is 10.0. The summed E-state index contributed by atoms with van der Waals surface area (Å²) in [6.45, 7) is 9.67. The Labute approximate surface area is 127 Å². The number of aryl methyl sites for hydroxylation is 2. The lowest BCUT2D eigenvalue weighted by molar-refractivity contribution is 0.512. The zero-order valence-electron chi connectivity index (χ0n) is 13.5. The summed E-state index contributed by atoms with van der Waals surface area (Å²) < 4.78 is 2.25. The fourth-order valence-electron chi connectivity index (χ4n) is 2.97. The normalized spacial score (nSPS) is 14.9. The molecule has 2 aromatic rings. The Kier molecular flexibility index (Phi) is 3.52. The Morgan fingerprint density at radius 1 is 1.29 bits per heavy atom. The molecular formula is C18H25N3. The molecule has 0 aliphatic heterocycles. The first-order valence-corrected chi connectivity index (χ1v) is 7.91. The second-order valence-corrected chi connectivity index (χ2v) is 6.80. The van der Waals surface area contributed by atoms with E-state index in [1.807, 2.05) is 0 Å². The van der Waals surface area contributed by atoms with Crippen molar-refractivity contribution in [2.24, 2.45) is 5.92 Å². The number of rotatable bonds is 4. The minimum absolute atomic E-state index is 0.575. The molecule has 1 fully saturated rings. The molecule has 0 spiro atoms. The van der Waals surface area contributed by atoms with Crippen LogP contribution < -0.4 is 5.73 Å². The summed E-state index contributed by atoms with van der Waals surface area (Å²) in [5, 5.41) is 0. The highest BCUT2D eigenvalue weighted by atomic mass is 15.2. The van der Waals surface area contributed by atoms with E-state index in [0.29, 0.717) is 11.8 Å². The van der Waals surface area contributed by atoms with E-state index >= 15 is 0 Å². The minimum Gasteiger partial charge on any atom is -0.383 e. The number of hydrogen-bond donors (Lipinski definition) is 1. The van der Waals surface area contributed by atoms with E-state index in [-0.39, 0.29) is 0 Å². The van der Waals surface area contributed by atoms with Crippen molar-refractivity contribution in [1.29, 1.82) is 0 Å². The van der Waals surface area contributed by atoms with Crippen molar-refractivity contribution >= 4 is 5.82 Å². The Morgan fingerprint density at radius 2 is 2.00 bits per heavy atom. The molecule has 1 aromatic carbocycles. The van der Waals surface area contributed by atoms with Gasteiger partial charge in [-0.05, 0) is 38.2 Å². The van der Waals surface area contributed by atoms with Crippen molar-refractivity contribution < 1.29 is 0 Å². The summed E-state index contributed by atoms with van der Waals surface area (Å²) in [5.41, 5.74) is 11.1.